The minimum atomic E-state index is -0.758. The Labute approximate surface area is 140 Å². The summed E-state index contributed by atoms with van der Waals surface area (Å²) >= 11 is 0. The monoisotopic (exact) mass is 330 g/mol. The minimum Gasteiger partial charge on any atom is -0.260 e. The Morgan fingerprint density at radius 1 is 0.783 bits per heavy atom. The third kappa shape index (κ3) is 8.94. The highest BCUT2D eigenvalue weighted by Crippen LogP contribution is 2.38. The van der Waals surface area contributed by atoms with Gasteiger partial charge in [-0.15, -0.1) is 0 Å². The lowest BCUT2D eigenvalue weighted by Crippen LogP contribution is -2.39. The number of carbonyl (C=O) groups is 2. The predicted octanol–water partition coefficient (Wildman–Crippen LogP) is 4.99. The molecule has 0 aromatic heterocycles. The van der Waals surface area contributed by atoms with Crippen LogP contribution in [-0.2, 0) is 24.4 Å². The molecule has 0 saturated heterocycles. The second-order valence-electron chi connectivity index (χ2n) is 8.89. The van der Waals surface area contributed by atoms with E-state index < -0.39 is 17.4 Å². The van der Waals surface area contributed by atoms with Crippen molar-refractivity contribution < 1.29 is 24.4 Å². The first-order chi connectivity index (χ1) is 10.3. The van der Waals surface area contributed by atoms with Crippen LogP contribution in [0, 0.1) is 16.2 Å². The molecule has 23 heavy (non-hydrogen) atoms. The molecule has 0 atom stereocenters. The van der Waals surface area contributed by atoms with Crippen LogP contribution in [0.25, 0.3) is 0 Å². The molecule has 0 N–H and O–H groups in total. The maximum Gasteiger partial charge on any atom is 0.352 e. The number of rotatable bonds is 8. The second-order valence-corrected chi connectivity index (χ2v) is 8.89. The van der Waals surface area contributed by atoms with Crippen LogP contribution in [0.5, 0.6) is 0 Å². The Hall–Kier alpha value is -1.10. The van der Waals surface area contributed by atoms with Gasteiger partial charge in [0.15, 0.2) is 0 Å². The molecule has 0 saturated carbocycles. The van der Waals surface area contributed by atoms with Crippen LogP contribution in [0.4, 0.5) is 0 Å². The average molecular weight is 330 g/mol. The summed E-state index contributed by atoms with van der Waals surface area (Å²) in [5.74, 6) is -1.09. The summed E-state index contributed by atoms with van der Waals surface area (Å²) in [7, 11) is 0. The number of hydrogen-bond donors (Lipinski definition) is 0. The highest BCUT2D eigenvalue weighted by molar-refractivity contribution is 5.76. The molecule has 0 aliphatic rings. The summed E-state index contributed by atoms with van der Waals surface area (Å²) in [6.45, 7) is 15.9. The molecule has 0 radical (unpaired) electrons. The first-order valence-corrected chi connectivity index (χ1v) is 8.36. The summed E-state index contributed by atoms with van der Waals surface area (Å²) in [6, 6.07) is 0. The van der Waals surface area contributed by atoms with E-state index in [0.29, 0.717) is 5.41 Å². The van der Waals surface area contributed by atoms with Gasteiger partial charge in [0.1, 0.15) is 0 Å². The van der Waals surface area contributed by atoms with Crippen molar-refractivity contribution >= 4 is 11.9 Å². The fourth-order valence-electron chi connectivity index (χ4n) is 1.64. The topological polar surface area (TPSA) is 61.8 Å². The molecule has 0 aliphatic heterocycles. The maximum atomic E-state index is 11.9. The molecule has 136 valence electrons. The Morgan fingerprint density at radius 3 is 1.83 bits per heavy atom. The maximum absolute atomic E-state index is 11.9. The fraction of sp³-hybridized carbons (Fsp3) is 0.889. The van der Waals surface area contributed by atoms with Gasteiger partial charge < -0.3 is 0 Å². The smallest absolute Gasteiger partial charge is 0.260 e. The van der Waals surface area contributed by atoms with E-state index in [-0.39, 0.29) is 11.8 Å². The van der Waals surface area contributed by atoms with Gasteiger partial charge in [-0.05, 0) is 37.5 Å². The third-order valence-corrected chi connectivity index (χ3v) is 4.43. The van der Waals surface area contributed by atoms with Crippen molar-refractivity contribution in [3.63, 3.8) is 0 Å². The zero-order chi connectivity index (χ0) is 18.3. The average Bonchev–Trinajstić information content (AvgIpc) is 2.35. The quantitative estimate of drug-likeness (QED) is 0.356. The molecule has 0 unspecified atom stereocenters. The van der Waals surface area contributed by atoms with Crippen molar-refractivity contribution in [1.29, 1.82) is 0 Å². The van der Waals surface area contributed by atoms with E-state index in [2.05, 4.69) is 35.6 Å². The second kappa shape index (κ2) is 8.67. The molecule has 0 rings (SSSR count). The lowest BCUT2D eigenvalue weighted by atomic mass is 9.69. The first-order valence-electron chi connectivity index (χ1n) is 8.36. The summed E-state index contributed by atoms with van der Waals surface area (Å²) in [5.41, 5.74) is -0.742. The highest BCUT2D eigenvalue weighted by Gasteiger charge is 2.42. The molecule has 0 spiro atoms. The number of carbonyl (C=O) groups excluding carboxylic acids is 2. The molecule has 5 nitrogen and oxygen atoms in total. The predicted molar refractivity (Wildman–Crippen MR) is 89.0 cm³/mol. The van der Waals surface area contributed by atoms with Crippen LogP contribution in [0.3, 0.4) is 0 Å². The zero-order valence-corrected chi connectivity index (χ0v) is 16.1. The van der Waals surface area contributed by atoms with E-state index in [1.165, 1.54) is 0 Å². The van der Waals surface area contributed by atoms with Crippen LogP contribution in [0.15, 0.2) is 0 Å². The van der Waals surface area contributed by atoms with Gasteiger partial charge >= 0.3 is 11.9 Å². The van der Waals surface area contributed by atoms with Crippen molar-refractivity contribution in [3.05, 3.63) is 0 Å². The van der Waals surface area contributed by atoms with Gasteiger partial charge in [-0.3, -0.25) is 9.78 Å². The SMILES string of the molecule is CC(C)(C)CCCCCC(=O)OOOC(=O)C(C)(C)C(C)(C)C. The Kier molecular flexibility index (Phi) is 8.25. The van der Waals surface area contributed by atoms with Crippen LogP contribution in [0.2, 0.25) is 0 Å². The lowest BCUT2D eigenvalue weighted by molar-refractivity contribution is -0.462. The molecule has 0 heterocycles. The third-order valence-electron chi connectivity index (χ3n) is 4.43. The van der Waals surface area contributed by atoms with Gasteiger partial charge in [0.25, 0.3) is 0 Å². The Morgan fingerprint density at radius 2 is 1.35 bits per heavy atom. The van der Waals surface area contributed by atoms with E-state index in [9.17, 15) is 9.59 Å². The normalized spacial score (nSPS) is 12.9. The van der Waals surface area contributed by atoms with Crippen molar-refractivity contribution in [1.82, 2.24) is 0 Å². The van der Waals surface area contributed by atoms with Crippen molar-refractivity contribution in [2.75, 3.05) is 0 Å². The summed E-state index contributed by atoms with van der Waals surface area (Å²) < 4.78 is 0. The summed E-state index contributed by atoms with van der Waals surface area (Å²) in [4.78, 5) is 32.5. The van der Waals surface area contributed by atoms with Crippen molar-refractivity contribution in [3.8, 4) is 0 Å². The summed E-state index contributed by atoms with van der Waals surface area (Å²) in [6.07, 6.45) is 4.15. The molecule has 0 aromatic rings. The standard InChI is InChI=1S/C18H34O5/c1-16(2,3)13-11-9-10-12-14(19)21-23-22-15(20)18(7,8)17(4,5)6/h9-13H2,1-8H3. The number of unbranched alkanes of at least 4 members (excludes halogenated alkanes) is 2. The molecular formula is C18H34O5. The van der Waals surface area contributed by atoms with Crippen LogP contribution in [-0.4, -0.2) is 11.9 Å². The van der Waals surface area contributed by atoms with Crippen LogP contribution < -0.4 is 0 Å². The summed E-state index contributed by atoms with van der Waals surface area (Å²) in [5, 5.41) is 4.35. The molecule has 0 amide bonds. The minimum absolute atomic E-state index is 0.254. The fourth-order valence-corrected chi connectivity index (χ4v) is 1.64. The van der Waals surface area contributed by atoms with E-state index in [0.717, 1.165) is 25.7 Å². The molecular weight excluding hydrogens is 296 g/mol. The largest absolute Gasteiger partial charge is 0.352 e. The van der Waals surface area contributed by atoms with Crippen LogP contribution >= 0.6 is 0 Å². The lowest BCUT2D eigenvalue weighted by Gasteiger charge is -2.34. The number of hydrogen-bond acceptors (Lipinski definition) is 5. The van der Waals surface area contributed by atoms with E-state index in [1.54, 1.807) is 13.8 Å². The molecule has 0 aromatic carbocycles. The highest BCUT2D eigenvalue weighted by atomic mass is 17.5. The van der Waals surface area contributed by atoms with Gasteiger partial charge in [-0.2, -0.15) is 0 Å². The van der Waals surface area contributed by atoms with E-state index in [4.69, 9.17) is 0 Å². The van der Waals surface area contributed by atoms with Gasteiger partial charge in [-0.25, -0.2) is 9.59 Å². The zero-order valence-electron chi connectivity index (χ0n) is 16.1. The van der Waals surface area contributed by atoms with Crippen LogP contribution in [0.1, 0.15) is 87.5 Å². The van der Waals surface area contributed by atoms with Gasteiger partial charge in [-0.1, -0.05) is 54.4 Å². The van der Waals surface area contributed by atoms with Crippen molar-refractivity contribution in [2.24, 2.45) is 16.2 Å². The molecule has 0 bridgehead atoms. The Bertz CT molecular complexity index is 385. The molecule has 5 heteroatoms. The Balaban J connectivity index is 3.89. The van der Waals surface area contributed by atoms with E-state index >= 15 is 0 Å². The first kappa shape index (κ1) is 21.9. The van der Waals surface area contributed by atoms with E-state index in [1.807, 2.05) is 20.8 Å². The molecule has 0 aliphatic carbocycles. The van der Waals surface area contributed by atoms with Gasteiger partial charge in [0, 0.05) is 11.5 Å². The van der Waals surface area contributed by atoms with Gasteiger partial charge in [0.05, 0.1) is 5.41 Å². The van der Waals surface area contributed by atoms with Crippen molar-refractivity contribution in [2.45, 2.75) is 87.5 Å². The molecule has 0 fully saturated rings. The van der Waals surface area contributed by atoms with Gasteiger partial charge in [0.2, 0.25) is 0 Å².